The van der Waals surface area contributed by atoms with Gasteiger partial charge >= 0.3 is 0 Å². The van der Waals surface area contributed by atoms with Crippen LogP contribution in [0.25, 0.3) is 0 Å². The van der Waals surface area contributed by atoms with Crippen LogP contribution in [0, 0.1) is 0 Å². The molecule has 3 aliphatic heterocycles. The Bertz CT molecular complexity index is 264. The summed E-state index contributed by atoms with van der Waals surface area (Å²) in [5.41, 5.74) is 0. The second kappa shape index (κ2) is 5.97. The van der Waals surface area contributed by atoms with E-state index >= 15 is 0 Å². The van der Waals surface area contributed by atoms with Gasteiger partial charge in [-0.15, -0.1) is 0 Å². The van der Waals surface area contributed by atoms with E-state index in [0.717, 1.165) is 32.5 Å². The zero-order chi connectivity index (χ0) is 13.0. The first-order valence-electron chi connectivity index (χ1n) is 6.35. The Kier molecular flexibility index (Phi) is 4.55. The molecule has 3 heterocycles. The van der Waals surface area contributed by atoms with Crippen molar-refractivity contribution < 1.29 is 23.7 Å². The molecule has 0 aromatic carbocycles. The molecule has 18 heavy (non-hydrogen) atoms. The van der Waals surface area contributed by atoms with Crippen LogP contribution in [0.3, 0.4) is 0 Å². The molecule has 0 radical (unpaired) electrons. The van der Waals surface area contributed by atoms with Crippen LogP contribution < -0.4 is 0 Å². The van der Waals surface area contributed by atoms with E-state index in [0.29, 0.717) is 13.2 Å². The van der Waals surface area contributed by atoms with E-state index in [1.807, 2.05) is 13.8 Å². The maximum atomic E-state index is 10.0. The Morgan fingerprint density at radius 1 is 1.17 bits per heavy atom. The Labute approximate surface area is 107 Å². The Morgan fingerprint density at radius 2 is 1.89 bits per heavy atom. The third-order valence-electron chi connectivity index (χ3n) is 3.02. The van der Waals surface area contributed by atoms with Gasteiger partial charge in [0, 0.05) is 19.5 Å². The van der Waals surface area contributed by atoms with Crippen LogP contribution in [-0.4, -0.2) is 62.4 Å². The summed E-state index contributed by atoms with van der Waals surface area (Å²) in [4.78, 5) is 11.7. The molecule has 0 aliphatic carbocycles. The number of carbonyl (C=O) groups is 1. The number of rotatable bonds is 1. The fourth-order valence-electron chi connectivity index (χ4n) is 2.12. The fourth-order valence-corrected chi connectivity index (χ4v) is 2.12. The summed E-state index contributed by atoms with van der Waals surface area (Å²) in [5, 5.41) is 0. The van der Waals surface area contributed by atoms with Crippen molar-refractivity contribution in [2.75, 3.05) is 32.9 Å². The van der Waals surface area contributed by atoms with Crippen molar-refractivity contribution >= 4 is 6.41 Å². The maximum absolute atomic E-state index is 10.0. The predicted octanol–water partition coefficient (Wildman–Crippen LogP) is 0.359. The summed E-state index contributed by atoms with van der Waals surface area (Å²) in [6, 6.07) is 0. The molecule has 6 nitrogen and oxygen atoms in total. The summed E-state index contributed by atoms with van der Waals surface area (Å²) in [5.74, 6) is -0.435. The first-order valence-corrected chi connectivity index (χ1v) is 6.35. The molecule has 3 fully saturated rings. The number of carbonyl (C=O) groups excluding carboxylic acids is 1. The van der Waals surface area contributed by atoms with Gasteiger partial charge < -0.3 is 23.8 Å². The largest absolute Gasteiger partial charge is 0.378 e. The van der Waals surface area contributed by atoms with Crippen LogP contribution in [-0.2, 0) is 23.7 Å². The highest BCUT2D eigenvalue weighted by Crippen LogP contribution is 2.33. The van der Waals surface area contributed by atoms with E-state index in [-0.39, 0.29) is 12.4 Å². The van der Waals surface area contributed by atoms with Gasteiger partial charge in [0.2, 0.25) is 6.41 Å². The SMILES string of the molecule is CC1(C)OC2CCOC2O1.O=CN1CCOCC1. The molecular formula is C12H21NO5. The highest BCUT2D eigenvalue weighted by atomic mass is 16.8. The molecule has 3 aliphatic rings. The smallest absolute Gasteiger partial charge is 0.209 e. The number of morpholine rings is 1. The number of fused-ring (bicyclic) bond motifs is 1. The van der Waals surface area contributed by atoms with Crippen LogP contribution >= 0.6 is 0 Å². The van der Waals surface area contributed by atoms with Crippen molar-refractivity contribution in [2.45, 2.75) is 38.4 Å². The van der Waals surface area contributed by atoms with Crippen molar-refractivity contribution in [3.63, 3.8) is 0 Å². The van der Waals surface area contributed by atoms with Gasteiger partial charge in [-0.3, -0.25) is 4.79 Å². The molecule has 104 valence electrons. The van der Waals surface area contributed by atoms with E-state index in [1.54, 1.807) is 4.90 Å². The summed E-state index contributed by atoms with van der Waals surface area (Å²) < 4.78 is 21.2. The highest BCUT2D eigenvalue weighted by molar-refractivity contribution is 5.46. The molecule has 3 rings (SSSR count). The van der Waals surface area contributed by atoms with Crippen molar-refractivity contribution in [3.05, 3.63) is 0 Å². The summed E-state index contributed by atoms with van der Waals surface area (Å²) in [6.07, 6.45) is 1.90. The average Bonchev–Trinajstić information content (AvgIpc) is 2.87. The normalized spacial score (nSPS) is 33.6. The molecule has 1 amide bonds. The van der Waals surface area contributed by atoms with Crippen LogP contribution in [0.1, 0.15) is 20.3 Å². The number of hydrogen-bond acceptors (Lipinski definition) is 5. The lowest BCUT2D eigenvalue weighted by molar-refractivity contribution is -0.192. The Morgan fingerprint density at radius 3 is 2.44 bits per heavy atom. The van der Waals surface area contributed by atoms with Gasteiger partial charge in [0.15, 0.2) is 12.1 Å². The molecule has 2 atom stereocenters. The van der Waals surface area contributed by atoms with E-state index in [2.05, 4.69) is 0 Å². The second-order valence-electron chi connectivity index (χ2n) is 4.96. The minimum absolute atomic E-state index is 0.102. The van der Waals surface area contributed by atoms with Crippen molar-refractivity contribution in [3.8, 4) is 0 Å². The lowest BCUT2D eigenvalue weighted by Gasteiger charge is -2.21. The molecule has 3 saturated heterocycles. The monoisotopic (exact) mass is 259 g/mol. The standard InChI is InChI=1S/C7H12O3.C5H9NO2/c1-7(2)9-5-3-4-8-6(5)10-7;7-5-6-1-3-8-4-2-6/h5-6H,3-4H2,1-2H3;5H,1-4H2. The average molecular weight is 259 g/mol. The molecular weight excluding hydrogens is 238 g/mol. The topological polar surface area (TPSA) is 57.2 Å². The van der Waals surface area contributed by atoms with Crippen molar-refractivity contribution in [1.82, 2.24) is 4.90 Å². The van der Waals surface area contributed by atoms with Gasteiger partial charge in [0.1, 0.15) is 6.10 Å². The third kappa shape index (κ3) is 3.65. The Hall–Kier alpha value is -0.690. The van der Waals surface area contributed by atoms with E-state index in [4.69, 9.17) is 18.9 Å². The lowest BCUT2D eigenvalue weighted by atomic mass is 10.3. The summed E-state index contributed by atoms with van der Waals surface area (Å²) >= 11 is 0. The first-order chi connectivity index (χ1) is 8.61. The Balaban J connectivity index is 0.000000138. The minimum atomic E-state index is -0.435. The zero-order valence-electron chi connectivity index (χ0n) is 11.0. The number of amides is 1. The summed E-state index contributed by atoms with van der Waals surface area (Å²) in [6.45, 7) is 7.49. The number of hydrogen-bond donors (Lipinski definition) is 0. The molecule has 0 aromatic rings. The van der Waals surface area contributed by atoms with Gasteiger partial charge in [0.05, 0.1) is 19.8 Å². The summed E-state index contributed by atoms with van der Waals surface area (Å²) in [7, 11) is 0. The molecule has 0 bridgehead atoms. The third-order valence-corrected chi connectivity index (χ3v) is 3.02. The first kappa shape index (κ1) is 13.7. The van der Waals surface area contributed by atoms with Crippen molar-refractivity contribution in [2.24, 2.45) is 0 Å². The molecule has 0 aromatic heterocycles. The predicted molar refractivity (Wildman–Crippen MR) is 62.9 cm³/mol. The van der Waals surface area contributed by atoms with Crippen LogP contribution in [0.15, 0.2) is 0 Å². The molecule has 0 N–H and O–H groups in total. The molecule has 2 unspecified atom stereocenters. The maximum Gasteiger partial charge on any atom is 0.209 e. The van der Waals surface area contributed by atoms with Gasteiger partial charge in [-0.1, -0.05) is 0 Å². The molecule has 0 spiro atoms. The van der Waals surface area contributed by atoms with E-state index in [1.165, 1.54) is 0 Å². The minimum Gasteiger partial charge on any atom is -0.378 e. The number of ether oxygens (including phenoxy) is 4. The second-order valence-corrected chi connectivity index (χ2v) is 4.96. The van der Waals surface area contributed by atoms with Gasteiger partial charge in [0.25, 0.3) is 0 Å². The van der Waals surface area contributed by atoms with Gasteiger partial charge in [-0.2, -0.15) is 0 Å². The quantitative estimate of drug-likeness (QED) is 0.636. The lowest BCUT2D eigenvalue weighted by Crippen LogP contribution is -2.34. The van der Waals surface area contributed by atoms with E-state index < -0.39 is 5.79 Å². The molecule has 0 saturated carbocycles. The van der Waals surface area contributed by atoms with Crippen LogP contribution in [0.4, 0.5) is 0 Å². The van der Waals surface area contributed by atoms with Gasteiger partial charge in [-0.05, 0) is 13.8 Å². The van der Waals surface area contributed by atoms with Crippen molar-refractivity contribution in [1.29, 1.82) is 0 Å². The van der Waals surface area contributed by atoms with Gasteiger partial charge in [-0.25, -0.2) is 0 Å². The fraction of sp³-hybridized carbons (Fsp3) is 0.917. The van der Waals surface area contributed by atoms with Crippen LogP contribution in [0.2, 0.25) is 0 Å². The van der Waals surface area contributed by atoms with Crippen LogP contribution in [0.5, 0.6) is 0 Å². The number of nitrogens with zero attached hydrogens (tertiary/aromatic N) is 1. The molecule has 6 heteroatoms. The highest BCUT2D eigenvalue weighted by Gasteiger charge is 2.44. The van der Waals surface area contributed by atoms with E-state index in [9.17, 15) is 4.79 Å². The zero-order valence-corrected chi connectivity index (χ0v) is 11.0.